The summed E-state index contributed by atoms with van der Waals surface area (Å²) in [5, 5.41) is 7.57. The molecule has 0 radical (unpaired) electrons. The van der Waals surface area contributed by atoms with Gasteiger partial charge in [0.15, 0.2) is 0 Å². The number of aryl methyl sites for hydroxylation is 1. The fourth-order valence-corrected chi connectivity index (χ4v) is 4.96. The minimum absolute atomic E-state index is 0.187. The molecule has 0 saturated heterocycles. The van der Waals surface area contributed by atoms with Crippen LogP contribution in [0.1, 0.15) is 69.1 Å². The fraction of sp³-hybridized carbons (Fsp3) is 0.367. The standard InChI is InChI=1S/C30H39N3O/c1-8-17-30(18-9-2,26-19-33(7)27-16-11-10-13-25(26)27)20-31-29(34)32-28-23(21(3)4)14-12-15-24(28)22(5)6/h8-16,19,21-22H,1-2,17-18,20H2,3-7H3,(H2,31,32,34). The van der Waals surface area contributed by atoms with Crippen molar-refractivity contribution in [2.45, 2.75) is 57.8 Å². The third-order valence-corrected chi connectivity index (χ3v) is 6.74. The number of hydrogen-bond donors (Lipinski definition) is 2. The van der Waals surface area contributed by atoms with Gasteiger partial charge in [-0.05, 0) is 47.4 Å². The largest absolute Gasteiger partial charge is 0.350 e. The van der Waals surface area contributed by atoms with E-state index in [1.54, 1.807) is 0 Å². The number of nitrogens with one attached hydrogen (secondary N) is 2. The van der Waals surface area contributed by atoms with Crippen LogP contribution in [0.2, 0.25) is 0 Å². The smallest absolute Gasteiger partial charge is 0.319 e. The predicted octanol–water partition coefficient (Wildman–Crippen LogP) is 7.64. The Morgan fingerprint density at radius 1 is 0.971 bits per heavy atom. The molecule has 0 fully saturated rings. The Morgan fingerprint density at radius 3 is 2.12 bits per heavy atom. The first kappa shape index (κ1) is 25.4. The summed E-state index contributed by atoms with van der Waals surface area (Å²) < 4.78 is 2.15. The van der Waals surface area contributed by atoms with Crippen LogP contribution < -0.4 is 10.6 Å². The molecule has 0 spiro atoms. The van der Waals surface area contributed by atoms with Crippen molar-refractivity contribution in [3.8, 4) is 0 Å². The van der Waals surface area contributed by atoms with Crippen molar-refractivity contribution in [2.75, 3.05) is 11.9 Å². The van der Waals surface area contributed by atoms with E-state index in [0.717, 1.165) is 29.7 Å². The molecule has 3 aromatic rings. The fourth-order valence-electron chi connectivity index (χ4n) is 4.96. The first-order chi connectivity index (χ1) is 16.2. The maximum Gasteiger partial charge on any atom is 0.319 e. The molecule has 2 amide bonds. The van der Waals surface area contributed by atoms with E-state index in [1.807, 2.05) is 12.2 Å². The quantitative estimate of drug-likeness (QED) is 0.302. The van der Waals surface area contributed by atoms with Gasteiger partial charge in [0.2, 0.25) is 0 Å². The van der Waals surface area contributed by atoms with Gasteiger partial charge in [0.25, 0.3) is 0 Å². The van der Waals surface area contributed by atoms with Crippen LogP contribution >= 0.6 is 0 Å². The molecule has 0 atom stereocenters. The molecule has 0 aliphatic carbocycles. The summed E-state index contributed by atoms with van der Waals surface area (Å²) in [5.41, 5.74) is 5.27. The van der Waals surface area contributed by atoms with Crippen molar-refractivity contribution in [2.24, 2.45) is 7.05 Å². The number of urea groups is 1. The molecular formula is C30H39N3O. The summed E-state index contributed by atoms with van der Waals surface area (Å²) in [6.07, 6.45) is 7.52. The highest BCUT2D eigenvalue weighted by Gasteiger charge is 2.33. The molecule has 4 heteroatoms. The molecule has 34 heavy (non-hydrogen) atoms. The van der Waals surface area contributed by atoms with Crippen LogP contribution in [0.4, 0.5) is 10.5 Å². The SMILES string of the molecule is C=CCC(CC=C)(CNC(=O)Nc1c(C(C)C)cccc1C(C)C)c1cn(C)c2ccccc12. The van der Waals surface area contributed by atoms with Crippen molar-refractivity contribution in [1.82, 2.24) is 9.88 Å². The summed E-state index contributed by atoms with van der Waals surface area (Å²) in [7, 11) is 2.06. The normalized spacial score (nSPS) is 11.7. The van der Waals surface area contributed by atoms with Crippen LogP contribution in [-0.4, -0.2) is 17.1 Å². The third kappa shape index (κ3) is 5.11. The molecule has 2 aromatic carbocycles. The molecule has 3 rings (SSSR count). The number of amides is 2. The van der Waals surface area contributed by atoms with Crippen molar-refractivity contribution in [3.63, 3.8) is 0 Å². The number of carbonyl (C=O) groups is 1. The van der Waals surface area contributed by atoms with E-state index in [9.17, 15) is 4.79 Å². The zero-order valence-corrected chi connectivity index (χ0v) is 21.3. The van der Waals surface area contributed by atoms with Gasteiger partial charge in [0.05, 0.1) is 0 Å². The number of anilines is 1. The first-order valence-corrected chi connectivity index (χ1v) is 12.2. The van der Waals surface area contributed by atoms with Gasteiger partial charge in [-0.15, -0.1) is 13.2 Å². The second-order valence-electron chi connectivity index (χ2n) is 9.87. The average Bonchev–Trinajstić information content (AvgIpc) is 3.15. The Hall–Kier alpha value is -3.27. The van der Waals surface area contributed by atoms with Crippen molar-refractivity contribution < 1.29 is 4.79 Å². The van der Waals surface area contributed by atoms with Gasteiger partial charge in [-0.3, -0.25) is 0 Å². The van der Waals surface area contributed by atoms with E-state index in [4.69, 9.17) is 0 Å². The third-order valence-electron chi connectivity index (χ3n) is 6.74. The van der Waals surface area contributed by atoms with Crippen LogP contribution in [0.25, 0.3) is 10.9 Å². The second kappa shape index (κ2) is 10.8. The summed E-state index contributed by atoms with van der Waals surface area (Å²) in [4.78, 5) is 13.2. The van der Waals surface area contributed by atoms with E-state index in [-0.39, 0.29) is 11.4 Å². The van der Waals surface area contributed by atoms with Crippen LogP contribution in [0.15, 0.2) is 74.0 Å². The molecule has 2 N–H and O–H groups in total. The van der Waals surface area contributed by atoms with E-state index in [1.165, 1.54) is 16.5 Å². The zero-order chi connectivity index (χ0) is 24.9. The van der Waals surface area contributed by atoms with Crippen LogP contribution in [0.3, 0.4) is 0 Å². The van der Waals surface area contributed by atoms with Gasteiger partial charge in [0.1, 0.15) is 0 Å². The molecule has 1 aromatic heterocycles. The lowest BCUT2D eigenvalue weighted by Crippen LogP contribution is -2.42. The zero-order valence-electron chi connectivity index (χ0n) is 21.3. The molecule has 1 heterocycles. The van der Waals surface area contributed by atoms with Crippen molar-refractivity contribution in [1.29, 1.82) is 0 Å². The van der Waals surface area contributed by atoms with E-state index in [0.29, 0.717) is 18.4 Å². The van der Waals surface area contributed by atoms with Crippen molar-refractivity contribution >= 4 is 22.6 Å². The Balaban J connectivity index is 1.94. The number of rotatable bonds is 10. The van der Waals surface area contributed by atoms with Crippen LogP contribution in [-0.2, 0) is 12.5 Å². The Morgan fingerprint density at radius 2 is 1.56 bits per heavy atom. The van der Waals surface area contributed by atoms with Gasteiger partial charge >= 0.3 is 6.03 Å². The van der Waals surface area contributed by atoms with Crippen LogP contribution in [0, 0.1) is 0 Å². The topological polar surface area (TPSA) is 46.1 Å². The summed E-state index contributed by atoms with van der Waals surface area (Å²) in [6, 6.07) is 14.5. The average molecular weight is 458 g/mol. The molecule has 0 aliphatic rings. The first-order valence-electron chi connectivity index (χ1n) is 12.2. The number of hydrogen-bond acceptors (Lipinski definition) is 1. The Bertz CT molecular complexity index is 1130. The number of para-hydroxylation sites is 2. The Kier molecular flexibility index (Phi) is 8.03. The number of aromatic nitrogens is 1. The summed E-state index contributed by atoms with van der Waals surface area (Å²) in [5.74, 6) is 0.621. The minimum atomic E-state index is -0.333. The number of carbonyl (C=O) groups excluding carboxylic acids is 1. The lowest BCUT2D eigenvalue weighted by atomic mass is 9.74. The highest BCUT2D eigenvalue weighted by atomic mass is 16.2. The molecule has 0 aliphatic heterocycles. The summed E-state index contributed by atoms with van der Waals surface area (Å²) >= 11 is 0. The minimum Gasteiger partial charge on any atom is -0.350 e. The maximum atomic E-state index is 13.2. The Labute approximate surface area is 204 Å². The maximum absolute atomic E-state index is 13.2. The van der Waals surface area contributed by atoms with Gasteiger partial charge in [0, 0.05) is 41.8 Å². The van der Waals surface area contributed by atoms with Gasteiger partial charge in [-0.2, -0.15) is 0 Å². The highest BCUT2D eigenvalue weighted by Crippen LogP contribution is 2.38. The lowest BCUT2D eigenvalue weighted by Gasteiger charge is -2.32. The van der Waals surface area contributed by atoms with E-state index < -0.39 is 0 Å². The van der Waals surface area contributed by atoms with Gasteiger partial charge in [-0.1, -0.05) is 76.2 Å². The molecule has 180 valence electrons. The molecule has 0 bridgehead atoms. The molecular weight excluding hydrogens is 418 g/mol. The molecule has 4 nitrogen and oxygen atoms in total. The summed E-state index contributed by atoms with van der Waals surface area (Å²) in [6.45, 7) is 17.2. The number of allylic oxidation sites excluding steroid dienone is 2. The number of fused-ring (bicyclic) bond motifs is 1. The van der Waals surface area contributed by atoms with Gasteiger partial charge < -0.3 is 15.2 Å². The molecule has 0 saturated carbocycles. The predicted molar refractivity (Wildman–Crippen MR) is 146 cm³/mol. The monoisotopic (exact) mass is 457 g/mol. The number of nitrogens with zero attached hydrogens (tertiary/aromatic N) is 1. The lowest BCUT2D eigenvalue weighted by molar-refractivity contribution is 0.248. The van der Waals surface area contributed by atoms with Crippen LogP contribution in [0.5, 0.6) is 0 Å². The highest BCUT2D eigenvalue weighted by molar-refractivity contribution is 5.92. The second-order valence-corrected chi connectivity index (χ2v) is 9.87. The van der Waals surface area contributed by atoms with E-state index in [2.05, 4.69) is 112 Å². The van der Waals surface area contributed by atoms with Crippen molar-refractivity contribution in [3.05, 3.63) is 90.7 Å². The molecule has 0 unspecified atom stereocenters. The number of benzene rings is 2. The van der Waals surface area contributed by atoms with Gasteiger partial charge in [-0.25, -0.2) is 4.79 Å². The van der Waals surface area contributed by atoms with E-state index >= 15 is 0 Å².